The average molecular weight is 327 g/mol. The Morgan fingerprint density at radius 1 is 1.21 bits per heavy atom. The Bertz CT molecular complexity index is 679. The number of aromatic nitrogens is 4. The minimum Gasteiger partial charge on any atom is -0.376 e. The number of anilines is 1. The molecule has 2 atom stereocenters. The van der Waals surface area contributed by atoms with E-state index in [0.29, 0.717) is 6.04 Å². The van der Waals surface area contributed by atoms with Gasteiger partial charge in [0.15, 0.2) is 5.82 Å². The van der Waals surface area contributed by atoms with Crippen molar-refractivity contribution in [3.8, 4) is 0 Å². The van der Waals surface area contributed by atoms with Gasteiger partial charge in [0.2, 0.25) is 0 Å². The van der Waals surface area contributed by atoms with Crippen LogP contribution in [0, 0.1) is 12.8 Å². The molecule has 0 spiro atoms. The molecular weight excluding hydrogens is 302 g/mol. The quantitative estimate of drug-likeness (QED) is 0.813. The number of nitrogens with zero attached hydrogens (tertiary/aromatic N) is 5. The first kappa shape index (κ1) is 15.6. The molecule has 1 saturated heterocycles. The van der Waals surface area contributed by atoms with E-state index in [-0.39, 0.29) is 6.10 Å². The molecule has 128 valence electrons. The van der Waals surface area contributed by atoms with Crippen LogP contribution in [0.25, 0.3) is 0 Å². The van der Waals surface area contributed by atoms with Crippen LogP contribution < -0.4 is 4.90 Å². The number of hydrogen-bond acceptors (Lipinski definition) is 5. The Morgan fingerprint density at radius 3 is 2.75 bits per heavy atom. The van der Waals surface area contributed by atoms with Crippen molar-refractivity contribution in [3.05, 3.63) is 35.8 Å². The van der Waals surface area contributed by atoms with Crippen molar-refractivity contribution in [2.75, 3.05) is 18.1 Å². The summed E-state index contributed by atoms with van der Waals surface area (Å²) in [6.45, 7) is 3.84. The molecule has 24 heavy (non-hydrogen) atoms. The summed E-state index contributed by atoms with van der Waals surface area (Å²) in [5.41, 5.74) is 2.19. The third kappa shape index (κ3) is 3.43. The first-order valence-corrected chi connectivity index (χ1v) is 8.85. The second kappa shape index (κ2) is 6.51. The number of aryl methyl sites for hydroxylation is 2. The van der Waals surface area contributed by atoms with E-state index in [9.17, 15) is 0 Å². The molecule has 0 unspecified atom stereocenters. The molecule has 1 saturated carbocycles. The average Bonchev–Trinajstić information content (AvgIpc) is 3.20. The van der Waals surface area contributed by atoms with Gasteiger partial charge < -0.3 is 9.64 Å². The molecule has 0 radical (unpaired) electrons. The van der Waals surface area contributed by atoms with Crippen LogP contribution in [0.2, 0.25) is 0 Å². The van der Waals surface area contributed by atoms with E-state index in [1.807, 2.05) is 30.9 Å². The first-order valence-electron chi connectivity index (χ1n) is 8.85. The highest BCUT2D eigenvalue weighted by Crippen LogP contribution is 2.33. The fourth-order valence-electron chi connectivity index (χ4n) is 3.45. The van der Waals surface area contributed by atoms with Gasteiger partial charge in [-0.05, 0) is 56.2 Å². The Labute approximate surface area is 142 Å². The smallest absolute Gasteiger partial charge is 0.151 e. The highest BCUT2D eigenvalue weighted by atomic mass is 16.5. The highest BCUT2D eigenvalue weighted by molar-refractivity contribution is 5.41. The van der Waals surface area contributed by atoms with Crippen molar-refractivity contribution >= 4 is 5.82 Å². The van der Waals surface area contributed by atoms with Gasteiger partial charge in [-0.3, -0.25) is 4.68 Å². The predicted molar refractivity (Wildman–Crippen MR) is 91.9 cm³/mol. The molecule has 0 amide bonds. The Morgan fingerprint density at radius 2 is 2.08 bits per heavy atom. The molecule has 2 aliphatic rings. The SMILES string of the molecule is Cc1ccc(N2CC[C@@H](OCC3CC3)[C@H]2Cc2cnn(C)c2)nn1. The number of hydrogen-bond donors (Lipinski definition) is 0. The minimum absolute atomic E-state index is 0.258. The van der Waals surface area contributed by atoms with Crippen molar-refractivity contribution in [2.24, 2.45) is 13.0 Å². The van der Waals surface area contributed by atoms with Gasteiger partial charge in [0.05, 0.1) is 24.0 Å². The molecule has 2 aromatic heterocycles. The van der Waals surface area contributed by atoms with Crippen LogP contribution in [-0.2, 0) is 18.2 Å². The summed E-state index contributed by atoms with van der Waals surface area (Å²) < 4.78 is 8.14. The van der Waals surface area contributed by atoms with Crippen molar-refractivity contribution in [1.82, 2.24) is 20.0 Å². The molecule has 6 heteroatoms. The topological polar surface area (TPSA) is 56.1 Å². The van der Waals surface area contributed by atoms with Crippen molar-refractivity contribution in [3.63, 3.8) is 0 Å². The zero-order chi connectivity index (χ0) is 16.5. The third-order valence-corrected chi connectivity index (χ3v) is 5.01. The molecule has 0 bridgehead atoms. The standard InChI is InChI=1S/C18H25N5O/c1-13-3-6-18(21-20-13)23-8-7-17(24-12-14-4-5-14)16(23)9-15-10-19-22(2)11-15/h3,6,10-11,14,16-17H,4-5,7-9,12H2,1-2H3/t16-,17-/m1/s1. The van der Waals surface area contributed by atoms with Crippen LogP contribution in [0.3, 0.4) is 0 Å². The fourth-order valence-corrected chi connectivity index (χ4v) is 3.45. The van der Waals surface area contributed by atoms with Gasteiger partial charge in [0.25, 0.3) is 0 Å². The third-order valence-electron chi connectivity index (χ3n) is 5.01. The summed E-state index contributed by atoms with van der Waals surface area (Å²) in [4.78, 5) is 2.36. The monoisotopic (exact) mass is 327 g/mol. The van der Waals surface area contributed by atoms with Gasteiger partial charge in [0, 0.05) is 26.4 Å². The van der Waals surface area contributed by atoms with Gasteiger partial charge in [-0.1, -0.05) is 0 Å². The second-order valence-electron chi connectivity index (χ2n) is 7.12. The molecule has 6 nitrogen and oxygen atoms in total. The van der Waals surface area contributed by atoms with E-state index < -0.39 is 0 Å². The maximum atomic E-state index is 6.28. The van der Waals surface area contributed by atoms with Crippen LogP contribution in [0.1, 0.15) is 30.5 Å². The molecule has 4 rings (SSSR count). The summed E-state index contributed by atoms with van der Waals surface area (Å²) in [7, 11) is 1.96. The summed E-state index contributed by atoms with van der Waals surface area (Å²) in [5.74, 6) is 1.74. The number of rotatable bonds is 6. The maximum Gasteiger partial charge on any atom is 0.151 e. The summed E-state index contributed by atoms with van der Waals surface area (Å²) >= 11 is 0. The summed E-state index contributed by atoms with van der Waals surface area (Å²) in [6.07, 6.45) is 8.94. The second-order valence-corrected chi connectivity index (χ2v) is 7.12. The van der Waals surface area contributed by atoms with E-state index in [1.165, 1.54) is 18.4 Å². The lowest BCUT2D eigenvalue weighted by Gasteiger charge is -2.28. The molecule has 0 aromatic carbocycles. The van der Waals surface area contributed by atoms with Crippen LogP contribution in [0.5, 0.6) is 0 Å². The lowest BCUT2D eigenvalue weighted by Crippen LogP contribution is -2.39. The van der Waals surface area contributed by atoms with Crippen LogP contribution in [0.4, 0.5) is 5.82 Å². The predicted octanol–water partition coefficient (Wildman–Crippen LogP) is 2.14. The highest BCUT2D eigenvalue weighted by Gasteiger charge is 2.37. The van der Waals surface area contributed by atoms with Crippen molar-refractivity contribution in [2.45, 2.75) is 44.8 Å². The van der Waals surface area contributed by atoms with Crippen molar-refractivity contribution in [1.29, 1.82) is 0 Å². The van der Waals surface area contributed by atoms with Crippen LogP contribution >= 0.6 is 0 Å². The van der Waals surface area contributed by atoms with Crippen molar-refractivity contribution < 1.29 is 4.74 Å². The fraction of sp³-hybridized carbons (Fsp3) is 0.611. The Hall–Kier alpha value is -1.95. The van der Waals surface area contributed by atoms with Gasteiger partial charge >= 0.3 is 0 Å². The molecule has 1 aliphatic carbocycles. The van der Waals surface area contributed by atoms with E-state index >= 15 is 0 Å². The van der Waals surface area contributed by atoms with Gasteiger partial charge in [0.1, 0.15) is 0 Å². The number of ether oxygens (including phenoxy) is 1. The van der Waals surface area contributed by atoms with Gasteiger partial charge in [-0.15, -0.1) is 5.10 Å². The molecule has 3 heterocycles. The van der Waals surface area contributed by atoms with Gasteiger partial charge in [-0.2, -0.15) is 10.2 Å². The Balaban J connectivity index is 1.53. The van der Waals surface area contributed by atoms with E-state index in [2.05, 4.69) is 32.5 Å². The molecular formula is C18H25N5O. The van der Waals surface area contributed by atoms with E-state index in [0.717, 1.165) is 43.4 Å². The maximum absolute atomic E-state index is 6.28. The summed E-state index contributed by atoms with van der Waals surface area (Å²) in [5, 5.41) is 12.9. The van der Waals surface area contributed by atoms with Crippen LogP contribution in [0.15, 0.2) is 24.5 Å². The zero-order valence-electron chi connectivity index (χ0n) is 14.4. The summed E-state index contributed by atoms with van der Waals surface area (Å²) in [6, 6.07) is 4.40. The van der Waals surface area contributed by atoms with E-state index in [4.69, 9.17) is 4.74 Å². The normalized spacial score (nSPS) is 23.8. The van der Waals surface area contributed by atoms with Crippen LogP contribution in [-0.4, -0.2) is 45.3 Å². The molecule has 1 aliphatic heterocycles. The molecule has 2 aromatic rings. The van der Waals surface area contributed by atoms with Gasteiger partial charge in [-0.25, -0.2) is 0 Å². The first-order chi connectivity index (χ1) is 11.7. The van der Waals surface area contributed by atoms with E-state index in [1.54, 1.807) is 0 Å². The lowest BCUT2D eigenvalue weighted by atomic mass is 10.0. The molecule has 2 fully saturated rings. The minimum atomic E-state index is 0.258. The lowest BCUT2D eigenvalue weighted by molar-refractivity contribution is 0.0407. The zero-order valence-corrected chi connectivity index (χ0v) is 14.4. The Kier molecular flexibility index (Phi) is 4.22. The largest absolute Gasteiger partial charge is 0.376 e. The molecule has 0 N–H and O–H groups in total.